The highest BCUT2D eigenvalue weighted by Gasteiger charge is 2.85. The molecular formula is C33H46O13. The summed E-state index contributed by atoms with van der Waals surface area (Å²) in [7, 11) is 0. The van der Waals surface area contributed by atoms with Gasteiger partial charge < -0.3 is 44.8 Å². The monoisotopic (exact) mass is 650 g/mol. The van der Waals surface area contributed by atoms with E-state index >= 15 is 0 Å². The predicted molar refractivity (Wildman–Crippen MR) is 161 cm³/mol. The highest BCUT2D eigenvalue weighted by atomic mass is 16.8. The quantitative estimate of drug-likeness (QED) is 0.112. The number of aliphatic hydroxyl groups excluding tert-OH is 2. The third-order valence-corrected chi connectivity index (χ3v) is 9.39. The van der Waals surface area contributed by atoms with E-state index in [0.717, 1.165) is 24.5 Å². The molecule has 0 saturated carbocycles. The molecule has 1 aromatic rings. The summed E-state index contributed by atoms with van der Waals surface area (Å²) in [5.41, 5.74) is -6.35. The molecule has 1 aromatic carbocycles. The summed E-state index contributed by atoms with van der Waals surface area (Å²) in [6.07, 6.45) is -4.15. The second-order valence-corrected chi connectivity index (χ2v) is 12.9. The van der Waals surface area contributed by atoms with Crippen molar-refractivity contribution in [3.63, 3.8) is 0 Å². The molecule has 46 heavy (non-hydrogen) atoms. The predicted octanol–water partition coefficient (Wildman–Crippen LogP) is 2.39. The molecule has 0 aromatic heterocycles. The van der Waals surface area contributed by atoms with E-state index in [1.165, 1.54) is 6.08 Å². The zero-order valence-corrected chi connectivity index (χ0v) is 26.7. The van der Waals surface area contributed by atoms with Crippen LogP contribution < -0.4 is 0 Å². The number of carboxylic acids is 3. The minimum absolute atomic E-state index is 0.0292. The second kappa shape index (κ2) is 14.6. The number of rotatable bonds is 16. The van der Waals surface area contributed by atoms with Crippen molar-refractivity contribution in [2.24, 2.45) is 23.7 Å². The molecule has 0 amide bonds. The van der Waals surface area contributed by atoms with Crippen molar-refractivity contribution in [2.45, 2.75) is 108 Å². The van der Waals surface area contributed by atoms with Crippen LogP contribution in [0, 0.1) is 23.7 Å². The molecule has 13 heteroatoms. The molecule has 256 valence electrons. The van der Waals surface area contributed by atoms with E-state index in [1.807, 2.05) is 58.0 Å². The average Bonchev–Trinajstić information content (AvgIpc) is 3.22. The topological polar surface area (TPSA) is 217 Å². The maximum Gasteiger partial charge on any atom is 0.344 e. The molecule has 13 nitrogen and oxygen atoms in total. The van der Waals surface area contributed by atoms with Gasteiger partial charge in [0, 0.05) is 12.5 Å². The highest BCUT2D eigenvalue weighted by molar-refractivity contribution is 5.98. The van der Waals surface area contributed by atoms with E-state index in [1.54, 1.807) is 6.92 Å². The molecule has 11 atom stereocenters. The van der Waals surface area contributed by atoms with E-state index < -0.39 is 77.6 Å². The van der Waals surface area contributed by atoms with Crippen LogP contribution in [0.5, 0.6) is 0 Å². The van der Waals surface area contributed by atoms with Gasteiger partial charge in [0.2, 0.25) is 23.1 Å². The summed E-state index contributed by atoms with van der Waals surface area (Å²) < 4.78 is 16.4. The number of carbonyl (C=O) groups excluding carboxylic acids is 1. The minimum Gasteiger partial charge on any atom is -0.479 e. The summed E-state index contributed by atoms with van der Waals surface area (Å²) in [6.45, 7) is 9.40. The van der Waals surface area contributed by atoms with Crippen molar-refractivity contribution in [3.8, 4) is 0 Å². The van der Waals surface area contributed by atoms with Gasteiger partial charge in [-0.25, -0.2) is 19.2 Å². The lowest BCUT2D eigenvalue weighted by Crippen LogP contribution is -2.78. The normalized spacial score (nSPS) is 32.3. The smallest absolute Gasteiger partial charge is 0.344 e. The van der Waals surface area contributed by atoms with Crippen LogP contribution in [-0.4, -0.2) is 95.9 Å². The zero-order valence-electron chi connectivity index (χ0n) is 26.7. The Morgan fingerprint density at radius 2 is 1.63 bits per heavy atom. The molecule has 2 heterocycles. The van der Waals surface area contributed by atoms with Gasteiger partial charge in [0.1, 0.15) is 6.10 Å². The van der Waals surface area contributed by atoms with Crippen LogP contribution in [0.2, 0.25) is 0 Å². The first-order valence-corrected chi connectivity index (χ1v) is 15.6. The van der Waals surface area contributed by atoms with Crippen molar-refractivity contribution in [2.75, 3.05) is 0 Å². The van der Waals surface area contributed by atoms with Crippen molar-refractivity contribution in [3.05, 3.63) is 48.0 Å². The van der Waals surface area contributed by atoms with Crippen LogP contribution >= 0.6 is 0 Å². The molecule has 6 N–H and O–H groups in total. The summed E-state index contributed by atoms with van der Waals surface area (Å²) in [6, 6.07) is 9.43. The Kier molecular flexibility index (Phi) is 11.8. The van der Waals surface area contributed by atoms with Crippen LogP contribution in [0.25, 0.3) is 0 Å². The van der Waals surface area contributed by atoms with Gasteiger partial charge >= 0.3 is 23.9 Å². The maximum absolute atomic E-state index is 13.0. The van der Waals surface area contributed by atoms with Crippen LogP contribution in [0.15, 0.2) is 42.5 Å². The lowest BCUT2D eigenvalue weighted by molar-refractivity contribution is -0.374. The Balaban J connectivity index is 1.96. The van der Waals surface area contributed by atoms with Crippen molar-refractivity contribution < 1.29 is 64.0 Å². The number of ether oxygens (including phenoxy) is 3. The molecule has 2 fully saturated rings. The Labute approximate surface area is 267 Å². The molecule has 0 unspecified atom stereocenters. The third-order valence-electron chi connectivity index (χ3n) is 9.39. The fourth-order valence-electron chi connectivity index (χ4n) is 6.50. The van der Waals surface area contributed by atoms with Crippen LogP contribution in [-0.2, 0) is 39.8 Å². The molecule has 2 aliphatic rings. The standard InChI is InChI=1S/C33H46O13/c1-6-18(2)16-19(3)12-13-23(34)44-26-25(36)31(15-14-20(4)24(35)21(5)17-22-10-8-7-9-11-22)45-27(28(37)38)32(43,29(39)40)33(26,46-31)30(41)42/h7-13,18-21,24-27,35-36,43H,6,14-17H2,1-5H3,(H,37,38)(H,39,40)(H,41,42)/b13-12+/t18-,19+,20-,21+,24+,25+,26+,27+,31-,32+,33-/m0/s1. The van der Waals surface area contributed by atoms with Crippen molar-refractivity contribution in [1.82, 2.24) is 0 Å². The summed E-state index contributed by atoms with van der Waals surface area (Å²) in [4.78, 5) is 50.6. The SMILES string of the molecule is CC[C@H](C)C[C@H](C)/C=C/C(=O)O[C@@H]1[C@@H](O)[C@@]2(CC[C@H](C)[C@@H](O)[C@H](C)Cc3ccccc3)O[C@H](C(=O)O)[C@@](O)(C(=O)O)[C@]1(C(=O)O)O2. The summed E-state index contributed by atoms with van der Waals surface area (Å²) >= 11 is 0. The first-order chi connectivity index (χ1) is 21.5. The molecule has 0 aliphatic carbocycles. The van der Waals surface area contributed by atoms with Gasteiger partial charge in [-0.2, -0.15) is 0 Å². The first-order valence-electron chi connectivity index (χ1n) is 15.6. The lowest BCUT2D eigenvalue weighted by Gasteiger charge is -2.48. The number of esters is 1. The lowest BCUT2D eigenvalue weighted by atomic mass is 9.74. The van der Waals surface area contributed by atoms with Gasteiger partial charge in [0.05, 0.1) is 6.10 Å². The molecule has 0 radical (unpaired) electrons. The van der Waals surface area contributed by atoms with Crippen molar-refractivity contribution in [1.29, 1.82) is 0 Å². The average molecular weight is 651 g/mol. The number of hydrogen-bond acceptors (Lipinski definition) is 10. The van der Waals surface area contributed by atoms with Gasteiger partial charge in [-0.1, -0.05) is 77.4 Å². The number of fused-ring (bicyclic) bond motifs is 2. The molecular weight excluding hydrogens is 604 g/mol. The fraction of sp³-hybridized carbons (Fsp3) is 0.636. The number of benzene rings is 1. The highest BCUT2D eigenvalue weighted by Crippen LogP contribution is 2.56. The first kappa shape index (κ1) is 37.1. The molecule has 2 aliphatic heterocycles. The second-order valence-electron chi connectivity index (χ2n) is 12.9. The third kappa shape index (κ3) is 6.98. The number of carbonyl (C=O) groups is 4. The largest absolute Gasteiger partial charge is 0.479 e. The number of aliphatic carboxylic acids is 3. The van der Waals surface area contributed by atoms with E-state index in [9.17, 15) is 49.8 Å². The number of aliphatic hydroxyl groups is 3. The van der Waals surface area contributed by atoms with E-state index in [-0.39, 0.29) is 18.3 Å². The molecule has 0 spiro atoms. The number of carboxylic acid groups (broad SMARTS) is 3. The fourth-order valence-corrected chi connectivity index (χ4v) is 6.50. The Hall–Kier alpha value is -3.36. The summed E-state index contributed by atoms with van der Waals surface area (Å²) in [5, 5.41) is 64.2. The van der Waals surface area contributed by atoms with Crippen LogP contribution in [0.4, 0.5) is 0 Å². The minimum atomic E-state index is -3.85. The number of allylic oxidation sites excluding steroid dienone is 1. The van der Waals surface area contributed by atoms with Gasteiger partial charge in [0.15, 0.2) is 6.10 Å². The molecule has 3 rings (SSSR count). The van der Waals surface area contributed by atoms with E-state index in [0.29, 0.717) is 12.3 Å². The van der Waals surface area contributed by atoms with Crippen LogP contribution in [0.3, 0.4) is 0 Å². The Morgan fingerprint density at radius 1 is 1.00 bits per heavy atom. The van der Waals surface area contributed by atoms with Crippen molar-refractivity contribution >= 4 is 23.9 Å². The van der Waals surface area contributed by atoms with Crippen LogP contribution in [0.1, 0.15) is 65.9 Å². The zero-order chi connectivity index (χ0) is 34.6. The van der Waals surface area contributed by atoms with Gasteiger partial charge in [-0.3, -0.25) is 0 Å². The van der Waals surface area contributed by atoms with E-state index in [4.69, 9.17) is 14.2 Å². The Bertz CT molecular complexity index is 1280. The molecule has 2 saturated heterocycles. The molecule has 2 bridgehead atoms. The van der Waals surface area contributed by atoms with E-state index in [2.05, 4.69) is 0 Å². The maximum atomic E-state index is 13.0. The van der Waals surface area contributed by atoms with Gasteiger partial charge in [0.25, 0.3) is 0 Å². The van der Waals surface area contributed by atoms with Gasteiger partial charge in [-0.05, 0) is 48.5 Å². The number of hydrogen-bond donors (Lipinski definition) is 6. The summed E-state index contributed by atoms with van der Waals surface area (Å²) in [5.74, 6) is -10.8. The van der Waals surface area contributed by atoms with Gasteiger partial charge in [-0.15, -0.1) is 0 Å². The Morgan fingerprint density at radius 3 is 2.17 bits per heavy atom.